The zero-order valence-corrected chi connectivity index (χ0v) is 12.1. The van der Waals surface area contributed by atoms with E-state index >= 15 is 0 Å². The third kappa shape index (κ3) is 3.01. The normalized spacial score (nSPS) is 17.6. The number of aliphatic hydroxyl groups excluding tert-OH is 1. The molecular weight excluding hydrogens is 285 g/mol. The van der Waals surface area contributed by atoms with E-state index in [1.54, 1.807) is 0 Å². The summed E-state index contributed by atoms with van der Waals surface area (Å²) in [6, 6.07) is 3.42. The Morgan fingerprint density at radius 2 is 2.05 bits per heavy atom. The highest BCUT2D eigenvalue weighted by Crippen LogP contribution is 2.24. The number of aliphatic hydroxyl groups is 1. The minimum Gasteiger partial charge on any atom is -0.392 e. The first-order valence-electron chi connectivity index (χ1n) is 6.42. The molecule has 0 aromatic heterocycles. The summed E-state index contributed by atoms with van der Waals surface area (Å²) in [5.74, 6) is -0.805. The van der Waals surface area contributed by atoms with E-state index in [4.69, 9.17) is 9.84 Å². The molecule has 1 fully saturated rings. The van der Waals surface area contributed by atoms with Gasteiger partial charge in [0.25, 0.3) is 0 Å². The van der Waals surface area contributed by atoms with Gasteiger partial charge < -0.3 is 9.84 Å². The lowest BCUT2D eigenvalue weighted by Crippen LogP contribution is -2.40. The van der Waals surface area contributed by atoms with Crippen molar-refractivity contribution in [1.29, 1.82) is 0 Å². The van der Waals surface area contributed by atoms with E-state index in [9.17, 15) is 12.8 Å². The second-order valence-corrected chi connectivity index (χ2v) is 6.75. The third-order valence-corrected chi connectivity index (χ3v) is 5.47. The number of benzene rings is 1. The zero-order valence-electron chi connectivity index (χ0n) is 11.3. The van der Waals surface area contributed by atoms with Crippen molar-refractivity contribution in [3.8, 4) is 0 Å². The van der Waals surface area contributed by atoms with Crippen LogP contribution in [0.5, 0.6) is 0 Å². The molecule has 1 aliphatic rings. The Balaban J connectivity index is 2.33. The van der Waals surface area contributed by atoms with Crippen LogP contribution in [0.4, 0.5) is 4.39 Å². The Morgan fingerprint density at radius 1 is 1.40 bits per heavy atom. The van der Waals surface area contributed by atoms with Gasteiger partial charge in [-0.05, 0) is 30.5 Å². The van der Waals surface area contributed by atoms with Crippen molar-refractivity contribution in [1.82, 2.24) is 4.31 Å². The van der Waals surface area contributed by atoms with Crippen molar-refractivity contribution in [3.05, 3.63) is 29.6 Å². The summed E-state index contributed by atoms with van der Waals surface area (Å²) in [7, 11) is -2.46. The van der Waals surface area contributed by atoms with E-state index in [0.29, 0.717) is 31.6 Å². The number of ether oxygens (including phenoxy) is 1. The number of sulfonamides is 1. The molecular formula is C13H18FNO4S. The molecule has 0 atom stereocenters. The number of hydrogen-bond donors (Lipinski definition) is 1. The van der Waals surface area contributed by atoms with Crippen molar-refractivity contribution in [3.63, 3.8) is 0 Å². The lowest BCUT2D eigenvalue weighted by atomic mass is 10.1. The SMILES string of the molecule is CN(C1CCOCC1)S(=O)(=O)c1cc(CO)ccc1F. The van der Waals surface area contributed by atoms with E-state index < -0.39 is 20.7 Å². The van der Waals surface area contributed by atoms with Gasteiger partial charge in [0.15, 0.2) is 0 Å². The largest absolute Gasteiger partial charge is 0.392 e. The van der Waals surface area contributed by atoms with Crippen molar-refractivity contribution in [2.75, 3.05) is 20.3 Å². The number of hydrogen-bond acceptors (Lipinski definition) is 4. The highest BCUT2D eigenvalue weighted by Gasteiger charge is 2.31. The Labute approximate surface area is 118 Å². The smallest absolute Gasteiger partial charge is 0.245 e. The molecule has 0 radical (unpaired) electrons. The second kappa shape index (κ2) is 6.17. The van der Waals surface area contributed by atoms with Crippen LogP contribution in [0.25, 0.3) is 0 Å². The Bertz CT molecular complexity index is 570. The van der Waals surface area contributed by atoms with E-state index in [0.717, 1.165) is 6.07 Å². The Morgan fingerprint density at radius 3 is 2.65 bits per heavy atom. The van der Waals surface area contributed by atoms with Crippen molar-refractivity contribution in [2.24, 2.45) is 0 Å². The fourth-order valence-electron chi connectivity index (χ4n) is 2.24. The molecule has 1 saturated heterocycles. The van der Waals surface area contributed by atoms with E-state index in [1.165, 1.54) is 23.5 Å². The summed E-state index contributed by atoms with van der Waals surface area (Å²) in [4.78, 5) is -0.391. The number of rotatable bonds is 4. The molecule has 0 spiro atoms. The van der Waals surface area contributed by atoms with Crippen LogP contribution in [0.3, 0.4) is 0 Å². The highest BCUT2D eigenvalue weighted by molar-refractivity contribution is 7.89. The molecule has 0 bridgehead atoms. The molecule has 1 aliphatic heterocycles. The maximum Gasteiger partial charge on any atom is 0.245 e. The first kappa shape index (κ1) is 15.4. The summed E-state index contributed by atoms with van der Waals surface area (Å²) in [5, 5.41) is 9.06. The third-order valence-electron chi connectivity index (χ3n) is 3.54. The molecule has 112 valence electrons. The molecule has 5 nitrogen and oxygen atoms in total. The highest BCUT2D eigenvalue weighted by atomic mass is 32.2. The van der Waals surface area contributed by atoms with Gasteiger partial charge in [-0.15, -0.1) is 0 Å². The first-order valence-corrected chi connectivity index (χ1v) is 7.86. The van der Waals surface area contributed by atoms with Crippen LogP contribution >= 0.6 is 0 Å². The minimum absolute atomic E-state index is 0.189. The second-order valence-electron chi connectivity index (χ2n) is 4.79. The van der Waals surface area contributed by atoms with Gasteiger partial charge >= 0.3 is 0 Å². The van der Waals surface area contributed by atoms with Crippen LogP contribution in [0, 0.1) is 5.82 Å². The Kier molecular flexibility index (Phi) is 4.74. The van der Waals surface area contributed by atoms with Crippen LogP contribution < -0.4 is 0 Å². The average Bonchev–Trinajstić information content (AvgIpc) is 2.47. The molecule has 1 aromatic rings. The lowest BCUT2D eigenvalue weighted by molar-refractivity contribution is 0.0631. The summed E-state index contributed by atoms with van der Waals surface area (Å²) in [6.45, 7) is 0.678. The first-order chi connectivity index (χ1) is 9.46. The number of halogens is 1. The molecule has 0 unspecified atom stereocenters. The summed E-state index contributed by atoms with van der Waals surface area (Å²) >= 11 is 0. The summed E-state index contributed by atoms with van der Waals surface area (Å²) in [6.07, 6.45) is 1.19. The Hall–Kier alpha value is -1.02. The molecule has 0 amide bonds. The standard InChI is InChI=1S/C13H18FNO4S/c1-15(11-4-6-19-7-5-11)20(17,18)13-8-10(9-16)2-3-12(13)14/h2-3,8,11,16H,4-7,9H2,1H3. The molecule has 0 saturated carbocycles. The summed E-state index contributed by atoms with van der Waals surface area (Å²) < 4.78 is 45.2. The van der Waals surface area contributed by atoms with Crippen LogP contribution in [-0.2, 0) is 21.4 Å². The van der Waals surface area contributed by atoms with Crippen molar-refractivity contribution < 1.29 is 22.7 Å². The van der Waals surface area contributed by atoms with Gasteiger partial charge in [-0.25, -0.2) is 12.8 Å². The molecule has 2 rings (SSSR count). The van der Waals surface area contributed by atoms with E-state index in [2.05, 4.69) is 0 Å². The van der Waals surface area contributed by atoms with Gasteiger partial charge in [0, 0.05) is 26.3 Å². The van der Waals surface area contributed by atoms with Crippen molar-refractivity contribution >= 4 is 10.0 Å². The lowest BCUT2D eigenvalue weighted by Gasteiger charge is -2.30. The summed E-state index contributed by atoms with van der Waals surface area (Å²) in [5.41, 5.74) is 0.366. The van der Waals surface area contributed by atoms with Crippen LogP contribution in [0.2, 0.25) is 0 Å². The maximum atomic E-state index is 13.8. The average molecular weight is 303 g/mol. The van der Waals surface area contributed by atoms with Gasteiger partial charge in [0.05, 0.1) is 6.61 Å². The predicted molar refractivity (Wildman–Crippen MR) is 71.1 cm³/mol. The molecule has 7 heteroatoms. The van der Waals surface area contributed by atoms with Crippen LogP contribution in [0.1, 0.15) is 18.4 Å². The fraction of sp³-hybridized carbons (Fsp3) is 0.538. The monoisotopic (exact) mass is 303 g/mol. The van der Waals surface area contributed by atoms with Gasteiger partial charge in [-0.3, -0.25) is 0 Å². The van der Waals surface area contributed by atoms with E-state index in [1.807, 2.05) is 0 Å². The molecule has 1 N–H and O–H groups in total. The predicted octanol–water partition coefficient (Wildman–Crippen LogP) is 1.12. The van der Waals surface area contributed by atoms with Gasteiger partial charge in [-0.2, -0.15) is 4.31 Å². The van der Waals surface area contributed by atoms with Crippen molar-refractivity contribution in [2.45, 2.75) is 30.4 Å². The van der Waals surface area contributed by atoms with Gasteiger partial charge in [0.2, 0.25) is 10.0 Å². The minimum atomic E-state index is -3.91. The fourth-order valence-corrected chi connectivity index (χ4v) is 3.77. The van der Waals surface area contributed by atoms with E-state index in [-0.39, 0.29) is 12.6 Å². The zero-order chi connectivity index (χ0) is 14.8. The maximum absolute atomic E-state index is 13.8. The quantitative estimate of drug-likeness (QED) is 0.905. The van der Waals surface area contributed by atoms with Crippen LogP contribution in [-0.4, -0.2) is 44.1 Å². The molecule has 1 aromatic carbocycles. The molecule has 0 aliphatic carbocycles. The van der Waals surface area contributed by atoms with Gasteiger partial charge in [-0.1, -0.05) is 6.07 Å². The van der Waals surface area contributed by atoms with Gasteiger partial charge in [0.1, 0.15) is 10.7 Å². The molecule has 1 heterocycles. The number of nitrogens with zero attached hydrogens (tertiary/aromatic N) is 1. The topological polar surface area (TPSA) is 66.8 Å². The van der Waals surface area contributed by atoms with Crippen LogP contribution in [0.15, 0.2) is 23.1 Å². The molecule has 20 heavy (non-hydrogen) atoms.